The molecule has 5 nitrogen and oxygen atoms in total. The molecule has 2 atom stereocenters. The zero-order valence-electron chi connectivity index (χ0n) is 16.0. The van der Waals surface area contributed by atoms with Crippen LogP contribution < -0.4 is 4.90 Å². The van der Waals surface area contributed by atoms with E-state index in [-0.39, 0.29) is 28.6 Å². The molecule has 0 amide bonds. The Bertz CT molecular complexity index is 859. The minimum atomic E-state index is -4.45. The smallest absolute Gasteiger partial charge is 0.349 e. The van der Waals surface area contributed by atoms with Crippen LogP contribution >= 0.6 is 11.6 Å². The number of hydrogen-bond donors (Lipinski definition) is 0. The predicted molar refractivity (Wildman–Crippen MR) is 101 cm³/mol. The van der Waals surface area contributed by atoms with Crippen molar-refractivity contribution >= 4 is 17.4 Å². The third kappa shape index (κ3) is 3.47. The maximum Gasteiger partial charge on any atom is 0.417 e. The van der Waals surface area contributed by atoms with Crippen LogP contribution in [0.2, 0.25) is 5.02 Å². The molecule has 0 aromatic carbocycles. The van der Waals surface area contributed by atoms with Crippen LogP contribution in [0.1, 0.15) is 63.8 Å². The third-order valence-corrected chi connectivity index (χ3v) is 6.03. The first-order valence-corrected chi connectivity index (χ1v) is 9.85. The van der Waals surface area contributed by atoms with Gasteiger partial charge in [-0.1, -0.05) is 37.6 Å². The average Bonchev–Trinajstić information content (AvgIpc) is 3.17. The molecule has 2 unspecified atom stereocenters. The zero-order chi connectivity index (χ0) is 20.3. The number of aromatic nitrogens is 4. The van der Waals surface area contributed by atoms with E-state index in [4.69, 9.17) is 11.6 Å². The van der Waals surface area contributed by atoms with Crippen LogP contribution in [0.5, 0.6) is 0 Å². The Morgan fingerprint density at radius 3 is 2.21 bits per heavy atom. The van der Waals surface area contributed by atoms with Crippen molar-refractivity contribution in [1.29, 1.82) is 0 Å². The summed E-state index contributed by atoms with van der Waals surface area (Å²) in [4.78, 5) is 6.19. The predicted octanol–water partition coefficient (Wildman–Crippen LogP) is 5.02. The van der Waals surface area contributed by atoms with Gasteiger partial charge in [-0.15, -0.1) is 5.10 Å². The Morgan fingerprint density at radius 1 is 1.07 bits per heavy atom. The fourth-order valence-electron chi connectivity index (χ4n) is 4.28. The molecule has 2 fully saturated rings. The normalized spacial score (nSPS) is 25.4. The van der Waals surface area contributed by atoms with Crippen LogP contribution in [0.4, 0.5) is 19.0 Å². The largest absolute Gasteiger partial charge is 0.417 e. The van der Waals surface area contributed by atoms with Crippen molar-refractivity contribution in [2.45, 2.75) is 76.2 Å². The van der Waals surface area contributed by atoms with Crippen LogP contribution in [0, 0.1) is 0 Å². The molecule has 0 radical (unpaired) electrons. The fraction of sp³-hybridized carbons (Fsp3) is 0.632. The van der Waals surface area contributed by atoms with Crippen molar-refractivity contribution in [3.8, 4) is 0 Å². The monoisotopic (exact) mass is 413 g/mol. The summed E-state index contributed by atoms with van der Waals surface area (Å²) in [5.74, 6) is 0.453. The van der Waals surface area contributed by atoms with Gasteiger partial charge in [-0.05, 0) is 31.7 Å². The Labute approximate surface area is 166 Å². The second kappa shape index (κ2) is 6.61. The highest BCUT2D eigenvalue weighted by Crippen LogP contribution is 2.45. The summed E-state index contributed by atoms with van der Waals surface area (Å²) in [5.41, 5.74) is 0.0748. The third-order valence-electron chi connectivity index (χ3n) is 5.75. The van der Waals surface area contributed by atoms with Crippen LogP contribution in [-0.2, 0) is 11.6 Å². The van der Waals surface area contributed by atoms with Gasteiger partial charge in [0.25, 0.3) is 0 Å². The molecular formula is C19H23ClF3N5. The van der Waals surface area contributed by atoms with Crippen molar-refractivity contribution in [3.63, 3.8) is 0 Å². The molecule has 9 heteroatoms. The second-order valence-electron chi connectivity index (χ2n) is 8.78. The topological polar surface area (TPSA) is 46.8 Å². The lowest BCUT2D eigenvalue weighted by molar-refractivity contribution is -0.137. The summed E-state index contributed by atoms with van der Waals surface area (Å²) in [6.07, 6.45) is 2.09. The van der Waals surface area contributed by atoms with E-state index in [0.717, 1.165) is 43.6 Å². The molecule has 0 saturated carbocycles. The molecule has 2 aromatic heterocycles. The number of fused-ring (bicyclic) bond motifs is 2. The van der Waals surface area contributed by atoms with E-state index < -0.39 is 11.7 Å². The van der Waals surface area contributed by atoms with Crippen LogP contribution in [0.3, 0.4) is 0 Å². The number of nitrogens with zero attached hydrogens (tertiary/aromatic N) is 5. The highest BCUT2D eigenvalue weighted by Gasteiger charge is 2.43. The Morgan fingerprint density at radius 2 is 1.71 bits per heavy atom. The number of halogens is 4. The first-order valence-electron chi connectivity index (χ1n) is 9.47. The maximum absolute atomic E-state index is 12.9. The first kappa shape index (κ1) is 19.5. The van der Waals surface area contributed by atoms with E-state index in [1.54, 1.807) is 0 Å². The molecule has 2 aliphatic rings. The van der Waals surface area contributed by atoms with Gasteiger partial charge < -0.3 is 4.90 Å². The molecule has 2 aliphatic heterocycles. The molecule has 152 valence electrons. The molecule has 0 spiro atoms. The maximum atomic E-state index is 12.9. The van der Waals surface area contributed by atoms with E-state index in [2.05, 4.69) is 41.0 Å². The molecular weight excluding hydrogens is 391 g/mol. The van der Waals surface area contributed by atoms with Gasteiger partial charge in [0.1, 0.15) is 5.82 Å². The molecule has 28 heavy (non-hydrogen) atoms. The fourth-order valence-corrected chi connectivity index (χ4v) is 4.55. The van der Waals surface area contributed by atoms with Gasteiger partial charge in [-0.2, -0.15) is 13.2 Å². The van der Waals surface area contributed by atoms with Crippen molar-refractivity contribution in [2.75, 3.05) is 4.90 Å². The minimum absolute atomic E-state index is 0.0564. The van der Waals surface area contributed by atoms with Crippen LogP contribution in [0.15, 0.2) is 18.5 Å². The molecule has 2 bridgehead atoms. The summed E-state index contributed by atoms with van der Waals surface area (Å²) in [6.45, 7) is 6.31. The highest BCUT2D eigenvalue weighted by molar-refractivity contribution is 6.33. The standard InChI is InChI=1S/C19H23ClF3N5/c1-18(2,3)16-10-27(26-25-16)14-7-12-4-5-13(8-14)28(12)17-15(20)6-11(9-24-17)19(21,22)23/h6,9-10,12-14H,4-5,7-8H2,1-3H3. The average molecular weight is 414 g/mol. The highest BCUT2D eigenvalue weighted by atomic mass is 35.5. The number of alkyl halides is 3. The number of hydrogen-bond acceptors (Lipinski definition) is 4. The van der Waals surface area contributed by atoms with Crippen molar-refractivity contribution in [3.05, 3.63) is 34.7 Å². The van der Waals surface area contributed by atoms with Gasteiger partial charge in [0, 0.05) is 29.9 Å². The lowest BCUT2D eigenvalue weighted by atomic mass is 9.93. The summed E-state index contributed by atoms with van der Waals surface area (Å²) >= 11 is 6.20. The summed E-state index contributed by atoms with van der Waals surface area (Å²) in [7, 11) is 0. The number of rotatable bonds is 2. The first-order chi connectivity index (χ1) is 13.0. The molecule has 2 aromatic rings. The summed E-state index contributed by atoms with van der Waals surface area (Å²) in [6, 6.07) is 1.58. The van der Waals surface area contributed by atoms with Crippen molar-refractivity contribution in [1.82, 2.24) is 20.0 Å². The van der Waals surface area contributed by atoms with Gasteiger partial charge in [0.15, 0.2) is 0 Å². The molecule has 2 saturated heterocycles. The summed E-state index contributed by atoms with van der Waals surface area (Å²) < 4.78 is 40.7. The second-order valence-corrected chi connectivity index (χ2v) is 9.19. The molecule has 0 aliphatic carbocycles. The zero-order valence-corrected chi connectivity index (χ0v) is 16.8. The van der Waals surface area contributed by atoms with E-state index in [9.17, 15) is 13.2 Å². The number of pyridine rings is 1. The van der Waals surface area contributed by atoms with E-state index in [0.29, 0.717) is 5.82 Å². The number of piperidine rings is 1. The van der Waals surface area contributed by atoms with Gasteiger partial charge >= 0.3 is 6.18 Å². The lowest BCUT2D eigenvalue weighted by Crippen LogP contribution is -2.44. The number of anilines is 1. The summed E-state index contributed by atoms with van der Waals surface area (Å²) in [5, 5.41) is 8.71. The van der Waals surface area contributed by atoms with Crippen LogP contribution in [-0.4, -0.2) is 32.1 Å². The minimum Gasteiger partial charge on any atom is -0.349 e. The SMILES string of the molecule is CC(C)(C)c1cn(C2CC3CCC(C2)N3c2ncc(C(F)(F)F)cc2Cl)nn1. The van der Waals surface area contributed by atoms with Gasteiger partial charge in [-0.3, -0.25) is 0 Å². The van der Waals surface area contributed by atoms with Crippen molar-refractivity contribution < 1.29 is 13.2 Å². The Balaban J connectivity index is 1.56. The quantitative estimate of drug-likeness (QED) is 0.693. The van der Waals surface area contributed by atoms with Crippen LogP contribution in [0.25, 0.3) is 0 Å². The van der Waals surface area contributed by atoms with Gasteiger partial charge in [0.05, 0.1) is 22.3 Å². The lowest BCUT2D eigenvalue weighted by Gasteiger charge is -2.40. The van der Waals surface area contributed by atoms with Crippen molar-refractivity contribution in [2.24, 2.45) is 0 Å². The molecule has 0 N–H and O–H groups in total. The Hall–Kier alpha value is -1.83. The Kier molecular flexibility index (Phi) is 4.60. The van der Waals surface area contributed by atoms with Gasteiger partial charge in [-0.25, -0.2) is 9.67 Å². The molecule has 4 rings (SSSR count). The molecule has 4 heterocycles. The van der Waals surface area contributed by atoms with E-state index >= 15 is 0 Å². The van der Waals surface area contributed by atoms with Gasteiger partial charge in [0.2, 0.25) is 0 Å². The van der Waals surface area contributed by atoms with E-state index in [1.807, 2.05) is 10.9 Å². The van der Waals surface area contributed by atoms with E-state index in [1.165, 1.54) is 0 Å².